The fourth-order valence-corrected chi connectivity index (χ4v) is 2.57. The smallest absolute Gasteiger partial charge is 0.196 e. The third kappa shape index (κ3) is 7.48. The molecule has 2 aromatic rings. The van der Waals surface area contributed by atoms with Crippen molar-refractivity contribution in [3.63, 3.8) is 0 Å². The third-order valence-electron chi connectivity index (χ3n) is 4.08. The Bertz CT molecular complexity index is 730. The van der Waals surface area contributed by atoms with Gasteiger partial charge in [-0.15, -0.1) is 0 Å². The summed E-state index contributed by atoms with van der Waals surface area (Å²) in [6.45, 7) is 4.78. The van der Waals surface area contributed by atoms with Crippen LogP contribution in [-0.4, -0.2) is 46.9 Å². The quantitative estimate of drug-likeness (QED) is 0.371. The number of ether oxygens (including phenoxy) is 2. The van der Waals surface area contributed by atoms with Crippen molar-refractivity contribution in [2.24, 2.45) is 4.99 Å². The molecule has 0 aliphatic carbocycles. The molecule has 0 radical (unpaired) electrons. The van der Waals surface area contributed by atoms with Gasteiger partial charge in [0.1, 0.15) is 5.75 Å². The number of aliphatic imine (C=N–C) groups is 1. The van der Waals surface area contributed by atoms with Crippen LogP contribution in [0.1, 0.15) is 18.9 Å². The minimum atomic E-state index is 0.607. The second-order valence-corrected chi connectivity index (χ2v) is 6.60. The predicted molar refractivity (Wildman–Crippen MR) is 118 cm³/mol. The Morgan fingerprint density at radius 3 is 2.54 bits per heavy atom. The van der Waals surface area contributed by atoms with Crippen LogP contribution in [0.4, 0.5) is 11.4 Å². The van der Waals surface area contributed by atoms with Crippen molar-refractivity contribution in [3.05, 3.63) is 54.1 Å². The van der Waals surface area contributed by atoms with Gasteiger partial charge in [0.2, 0.25) is 0 Å². The molecule has 6 nitrogen and oxygen atoms in total. The topological polar surface area (TPSA) is 58.1 Å². The van der Waals surface area contributed by atoms with Crippen LogP contribution in [0, 0.1) is 0 Å². The molecule has 2 N–H and O–H groups in total. The Balaban J connectivity index is 1.98. The molecule has 0 bridgehead atoms. The van der Waals surface area contributed by atoms with Crippen LogP contribution < -0.4 is 20.3 Å². The molecule has 28 heavy (non-hydrogen) atoms. The average molecular weight is 385 g/mol. The maximum atomic E-state index is 5.77. The molecule has 0 unspecified atom stereocenters. The zero-order valence-corrected chi connectivity index (χ0v) is 17.4. The average Bonchev–Trinajstić information content (AvgIpc) is 2.70. The van der Waals surface area contributed by atoms with E-state index in [-0.39, 0.29) is 0 Å². The van der Waals surface area contributed by atoms with E-state index >= 15 is 0 Å². The van der Waals surface area contributed by atoms with Gasteiger partial charge < -0.3 is 25.0 Å². The lowest BCUT2D eigenvalue weighted by molar-refractivity contribution is 0.172. The highest BCUT2D eigenvalue weighted by atomic mass is 16.5. The summed E-state index contributed by atoms with van der Waals surface area (Å²) in [4.78, 5) is 6.78. The highest BCUT2D eigenvalue weighted by Crippen LogP contribution is 2.18. The van der Waals surface area contributed by atoms with Gasteiger partial charge in [-0.1, -0.05) is 18.2 Å². The van der Waals surface area contributed by atoms with Crippen LogP contribution in [-0.2, 0) is 11.3 Å². The van der Waals surface area contributed by atoms with Gasteiger partial charge in [-0.2, -0.15) is 0 Å². The molecule has 0 spiro atoms. The Morgan fingerprint density at radius 1 is 1.07 bits per heavy atom. The molecule has 0 aromatic heterocycles. The lowest BCUT2D eigenvalue weighted by Gasteiger charge is -2.14. The first-order valence-corrected chi connectivity index (χ1v) is 9.65. The first-order chi connectivity index (χ1) is 13.6. The minimum absolute atomic E-state index is 0.607. The minimum Gasteiger partial charge on any atom is -0.493 e. The Morgan fingerprint density at radius 2 is 1.86 bits per heavy atom. The van der Waals surface area contributed by atoms with Crippen LogP contribution in [0.5, 0.6) is 5.75 Å². The molecule has 152 valence electrons. The highest BCUT2D eigenvalue weighted by molar-refractivity contribution is 5.93. The van der Waals surface area contributed by atoms with Crippen molar-refractivity contribution in [2.75, 3.05) is 51.2 Å². The molecule has 0 aliphatic rings. The van der Waals surface area contributed by atoms with Gasteiger partial charge in [0.15, 0.2) is 5.96 Å². The Hall–Kier alpha value is -2.73. The standard InChI is InChI=1S/C22H32N4O2/c1-5-23-22(24-17-18-10-12-20(13-11-18)26(2)3)25-19-8-6-9-21(16-19)28-15-7-14-27-4/h6,8-13,16H,5,7,14-15,17H2,1-4H3,(H2,23,24,25). The van der Waals surface area contributed by atoms with Crippen LogP contribution in [0.25, 0.3) is 0 Å². The van der Waals surface area contributed by atoms with E-state index in [1.54, 1.807) is 7.11 Å². The number of hydrogen-bond donors (Lipinski definition) is 2. The van der Waals surface area contributed by atoms with Gasteiger partial charge in [-0.3, -0.25) is 0 Å². The van der Waals surface area contributed by atoms with E-state index in [1.807, 2.05) is 38.4 Å². The number of rotatable bonds is 10. The normalized spacial score (nSPS) is 11.2. The van der Waals surface area contributed by atoms with Gasteiger partial charge in [-0.05, 0) is 36.8 Å². The van der Waals surface area contributed by atoms with Crippen LogP contribution in [0.3, 0.4) is 0 Å². The fourth-order valence-electron chi connectivity index (χ4n) is 2.57. The summed E-state index contributed by atoms with van der Waals surface area (Å²) >= 11 is 0. The van der Waals surface area contributed by atoms with E-state index in [0.717, 1.165) is 35.9 Å². The summed E-state index contributed by atoms with van der Waals surface area (Å²) in [5.41, 5.74) is 3.28. The zero-order chi connectivity index (χ0) is 20.2. The van der Waals surface area contributed by atoms with Gasteiger partial charge in [0, 0.05) is 58.2 Å². The van der Waals surface area contributed by atoms with Crippen molar-refractivity contribution in [3.8, 4) is 5.75 Å². The van der Waals surface area contributed by atoms with E-state index in [4.69, 9.17) is 14.5 Å². The van der Waals surface area contributed by atoms with Crippen LogP contribution >= 0.6 is 0 Å². The number of anilines is 2. The van der Waals surface area contributed by atoms with Crippen molar-refractivity contribution >= 4 is 17.3 Å². The maximum Gasteiger partial charge on any atom is 0.196 e. The molecule has 0 saturated carbocycles. The van der Waals surface area contributed by atoms with Gasteiger partial charge in [-0.25, -0.2) is 4.99 Å². The molecule has 0 saturated heterocycles. The van der Waals surface area contributed by atoms with E-state index in [0.29, 0.717) is 19.8 Å². The molecule has 2 rings (SSSR count). The zero-order valence-electron chi connectivity index (χ0n) is 17.4. The number of nitrogens with one attached hydrogen (secondary N) is 2. The maximum absolute atomic E-state index is 5.77. The van der Waals surface area contributed by atoms with Crippen molar-refractivity contribution < 1.29 is 9.47 Å². The summed E-state index contributed by atoms with van der Waals surface area (Å²) < 4.78 is 10.8. The lowest BCUT2D eigenvalue weighted by atomic mass is 10.2. The summed E-state index contributed by atoms with van der Waals surface area (Å²) in [7, 11) is 5.77. The first kappa shape index (κ1) is 21.6. The van der Waals surface area contributed by atoms with E-state index < -0.39 is 0 Å². The second-order valence-electron chi connectivity index (χ2n) is 6.60. The molecule has 0 fully saturated rings. The van der Waals surface area contributed by atoms with E-state index in [9.17, 15) is 0 Å². The number of methoxy groups -OCH3 is 1. The summed E-state index contributed by atoms with van der Waals surface area (Å²) in [6.07, 6.45) is 0.866. The van der Waals surface area contributed by atoms with Crippen molar-refractivity contribution in [1.82, 2.24) is 5.32 Å². The molecular weight excluding hydrogens is 352 g/mol. The summed E-state index contributed by atoms with van der Waals surface area (Å²) in [6, 6.07) is 16.3. The lowest BCUT2D eigenvalue weighted by Crippen LogP contribution is -2.30. The highest BCUT2D eigenvalue weighted by Gasteiger charge is 2.02. The van der Waals surface area contributed by atoms with E-state index in [2.05, 4.69) is 46.7 Å². The molecule has 0 amide bonds. The number of hydrogen-bond acceptors (Lipinski definition) is 4. The van der Waals surface area contributed by atoms with Crippen LogP contribution in [0.2, 0.25) is 0 Å². The summed E-state index contributed by atoms with van der Waals surface area (Å²) in [5, 5.41) is 6.63. The van der Waals surface area contributed by atoms with E-state index in [1.165, 1.54) is 5.69 Å². The summed E-state index contributed by atoms with van der Waals surface area (Å²) in [5.74, 6) is 1.58. The number of guanidine groups is 1. The molecule has 0 heterocycles. The molecule has 2 aromatic carbocycles. The number of benzene rings is 2. The monoisotopic (exact) mass is 384 g/mol. The fraction of sp³-hybridized carbons (Fsp3) is 0.409. The molecule has 6 heteroatoms. The van der Waals surface area contributed by atoms with Gasteiger partial charge in [0.25, 0.3) is 0 Å². The van der Waals surface area contributed by atoms with Crippen molar-refractivity contribution in [1.29, 1.82) is 0 Å². The second kappa shape index (κ2) is 11.9. The predicted octanol–water partition coefficient (Wildman–Crippen LogP) is 3.75. The third-order valence-corrected chi connectivity index (χ3v) is 4.08. The number of nitrogens with zero attached hydrogens (tertiary/aromatic N) is 2. The SMILES string of the molecule is CCNC(=NCc1ccc(N(C)C)cc1)Nc1cccc(OCCCOC)c1. The molecule has 0 atom stereocenters. The Labute approximate surface area is 168 Å². The Kier molecular flexibility index (Phi) is 9.15. The molecule has 0 aliphatic heterocycles. The van der Waals surface area contributed by atoms with Gasteiger partial charge in [0.05, 0.1) is 13.2 Å². The van der Waals surface area contributed by atoms with Crippen LogP contribution in [0.15, 0.2) is 53.5 Å². The largest absolute Gasteiger partial charge is 0.493 e. The molecular formula is C22H32N4O2. The first-order valence-electron chi connectivity index (χ1n) is 9.65. The van der Waals surface area contributed by atoms with Crippen molar-refractivity contribution in [2.45, 2.75) is 19.9 Å². The van der Waals surface area contributed by atoms with Gasteiger partial charge >= 0.3 is 0 Å².